The number of amides is 1. The fourth-order valence-corrected chi connectivity index (χ4v) is 2.89. The maximum absolute atomic E-state index is 12.2. The molecule has 1 aromatic rings. The van der Waals surface area contributed by atoms with Crippen LogP contribution in [0.25, 0.3) is 5.57 Å². The van der Waals surface area contributed by atoms with Gasteiger partial charge in [-0.3, -0.25) is 4.79 Å². The molecule has 0 atom stereocenters. The Kier molecular flexibility index (Phi) is 5.81. The van der Waals surface area contributed by atoms with E-state index in [0.29, 0.717) is 23.7 Å². The number of benzene rings is 1. The largest absolute Gasteiger partial charge is 0.493 e. The van der Waals surface area contributed by atoms with Gasteiger partial charge in [-0.1, -0.05) is 6.08 Å². The van der Waals surface area contributed by atoms with Gasteiger partial charge >= 0.3 is 6.18 Å². The number of aryl methyl sites for hydroxylation is 1. The quantitative estimate of drug-likeness (QED) is 0.848. The highest BCUT2D eigenvalue weighted by Crippen LogP contribution is 2.48. The van der Waals surface area contributed by atoms with Gasteiger partial charge in [0, 0.05) is 12.1 Å². The van der Waals surface area contributed by atoms with Crippen LogP contribution >= 0.6 is 0 Å². The van der Waals surface area contributed by atoms with Gasteiger partial charge in [-0.2, -0.15) is 13.2 Å². The van der Waals surface area contributed by atoms with Crippen LogP contribution in [0.5, 0.6) is 17.2 Å². The van der Waals surface area contributed by atoms with Crippen molar-refractivity contribution >= 4 is 11.5 Å². The number of ether oxygens (including phenoxy) is 3. The van der Waals surface area contributed by atoms with Crippen LogP contribution in [0.15, 0.2) is 12.1 Å². The topological polar surface area (TPSA) is 56.8 Å². The van der Waals surface area contributed by atoms with Gasteiger partial charge in [-0.25, -0.2) is 0 Å². The maximum atomic E-state index is 12.2. The summed E-state index contributed by atoms with van der Waals surface area (Å²) in [6, 6.07) is 1.86. The molecule has 1 amide bonds. The normalized spacial score (nSPS) is 15.0. The van der Waals surface area contributed by atoms with Crippen molar-refractivity contribution in [1.82, 2.24) is 5.32 Å². The van der Waals surface area contributed by atoms with Gasteiger partial charge in [0.15, 0.2) is 11.5 Å². The first-order valence-electron chi connectivity index (χ1n) is 7.65. The zero-order chi connectivity index (χ0) is 18.6. The average molecular weight is 359 g/mol. The van der Waals surface area contributed by atoms with E-state index in [9.17, 15) is 18.0 Å². The standard InChI is InChI=1S/C17H20F3NO4/c1-23-12-8-11-5-4-10(14(11)16(25-3)15(12)24-2)6-7-21-13(22)9-17(18,19)20/h6,8H,4-5,7,9H2,1-3H3,(H,21,22). The molecule has 138 valence electrons. The summed E-state index contributed by atoms with van der Waals surface area (Å²) in [7, 11) is 4.55. The number of nitrogens with one attached hydrogen (secondary N) is 1. The Bertz CT molecular complexity index is 683. The van der Waals surface area contributed by atoms with Crippen molar-refractivity contribution < 1.29 is 32.2 Å². The van der Waals surface area contributed by atoms with Gasteiger partial charge in [0.2, 0.25) is 11.7 Å². The minimum Gasteiger partial charge on any atom is -0.493 e. The molecule has 0 saturated heterocycles. The summed E-state index contributed by atoms with van der Waals surface area (Å²) in [6.45, 7) is 0.0151. The van der Waals surface area contributed by atoms with Crippen molar-refractivity contribution in [2.75, 3.05) is 27.9 Å². The molecule has 1 aliphatic rings. The van der Waals surface area contributed by atoms with Crippen LogP contribution in [-0.2, 0) is 11.2 Å². The van der Waals surface area contributed by atoms with Crippen LogP contribution in [0.2, 0.25) is 0 Å². The molecule has 0 fully saturated rings. The first-order chi connectivity index (χ1) is 11.8. The van der Waals surface area contributed by atoms with E-state index < -0.39 is 18.5 Å². The second-order valence-electron chi connectivity index (χ2n) is 5.50. The Labute approximate surface area is 143 Å². The molecule has 0 spiro atoms. The van der Waals surface area contributed by atoms with Crippen LogP contribution in [0, 0.1) is 0 Å². The number of hydrogen-bond acceptors (Lipinski definition) is 4. The molecule has 0 unspecified atom stereocenters. The van der Waals surface area contributed by atoms with Crippen molar-refractivity contribution in [3.05, 3.63) is 23.3 Å². The third-order valence-corrected chi connectivity index (χ3v) is 3.91. The Hall–Kier alpha value is -2.38. The van der Waals surface area contributed by atoms with E-state index in [4.69, 9.17) is 14.2 Å². The average Bonchev–Trinajstić information content (AvgIpc) is 2.94. The lowest BCUT2D eigenvalue weighted by Crippen LogP contribution is -2.28. The van der Waals surface area contributed by atoms with Crippen molar-refractivity contribution in [3.63, 3.8) is 0 Å². The highest BCUT2D eigenvalue weighted by atomic mass is 19.4. The van der Waals surface area contributed by atoms with E-state index in [1.165, 1.54) is 21.3 Å². The first kappa shape index (κ1) is 19.0. The highest BCUT2D eigenvalue weighted by molar-refractivity contribution is 5.82. The van der Waals surface area contributed by atoms with E-state index in [2.05, 4.69) is 5.32 Å². The number of halogens is 3. The van der Waals surface area contributed by atoms with Crippen LogP contribution in [0.3, 0.4) is 0 Å². The predicted molar refractivity (Wildman–Crippen MR) is 86.1 cm³/mol. The molecule has 0 bridgehead atoms. The fraction of sp³-hybridized carbons (Fsp3) is 0.471. The van der Waals surface area contributed by atoms with Gasteiger partial charge in [0.25, 0.3) is 0 Å². The molecule has 1 aliphatic carbocycles. The number of methoxy groups -OCH3 is 3. The summed E-state index contributed by atoms with van der Waals surface area (Å²) in [5.74, 6) is 0.472. The molecular weight excluding hydrogens is 339 g/mol. The van der Waals surface area contributed by atoms with Crippen molar-refractivity contribution in [1.29, 1.82) is 0 Å². The molecule has 0 aliphatic heterocycles. The molecule has 8 heteroatoms. The lowest BCUT2D eigenvalue weighted by molar-refractivity contribution is -0.153. The van der Waals surface area contributed by atoms with Gasteiger partial charge < -0.3 is 19.5 Å². The van der Waals surface area contributed by atoms with Crippen LogP contribution < -0.4 is 19.5 Å². The summed E-state index contributed by atoms with van der Waals surface area (Å²) in [4.78, 5) is 11.3. The lowest BCUT2D eigenvalue weighted by atomic mass is 10.0. The van der Waals surface area contributed by atoms with E-state index in [0.717, 1.165) is 23.1 Å². The molecule has 1 N–H and O–H groups in total. The molecule has 1 aromatic carbocycles. The number of carbonyl (C=O) groups is 1. The van der Waals surface area contributed by atoms with E-state index in [-0.39, 0.29) is 6.54 Å². The summed E-state index contributed by atoms with van der Waals surface area (Å²) < 4.78 is 52.6. The lowest BCUT2D eigenvalue weighted by Gasteiger charge is -2.16. The first-order valence-corrected chi connectivity index (χ1v) is 7.65. The highest BCUT2D eigenvalue weighted by Gasteiger charge is 2.31. The molecule has 0 radical (unpaired) electrons. The van der Waals surface area contributed by atoms with E-state index in [1.54, 1.807) is 6.08 Å². The van der Waals surface area contributed by atoms with Crippen molar-refractivity contribution in [3.8, 4) is 17.2 Å². The third-order valence-electron chi connectivity index (χ3n) is 3.91. The zero-order valence-electron chi connectivity index (χ0n) is 14.3. The molecule has 0 saturated carbocycles. The van der Waals surface area contributed by atoms with Crippen molar-refractivity contribution in [2.45, 2.75) is 25.4 Å². The Morgan fingerprint density at radius 1 is 1.16 bits per heavy atom. The van der Waals surface area contributed by atoms with Gasteiger partial charge in [0.1, 0.15) is 6.42 Å². The van der Waals surface area contributed by atoms with E-state index in [1.807, 2.05) is 6.07 Å². The minimum absolute atomic E-state index is 0.0151. The third kappa shape index (κ3) is 4.37. The number of hydrogen-bond donors (Lipinski definition) is 1. The number of rotatable bonds is 6. The van der Waals surface area contributed by atoms with Gasteiger partial charge in [0.05, 0.1) is 21.3 Å². The fourth-order valence-electron chi connectivity index (χ4n) is 2.89. The summed E-state index contributed by atoms with van der Waals surface area (Å²) in [6.07, 6.45) is -2.86. The second-order valence-corrected chi connectivity index (χ2v) is 5.50. The number of alkyl halides is 3. The van der Waals surface area contributed by atoms with Crippen LogP contribution in [0.4, 0.5) is 13.2 Å². The van der Waals surface area contributed by atoms with Crippen molar-refractivity contribution in [2.24, 2.45) is 0 Å². The number of fused-ring (bicyclic) bond motifs is 1. The second kappa shape index (κ2) is 7.67. The molecule has 5 nitrogen and oxygen atoms in total. The van der Waals surface area contributed by atoms with Crippen LogP contribution in [0.1, 0.15) is 24.0 Å². The number of allylic oxidation sites excluding steroid dienone is 1. The monoisotopic (exact) mass is 359 g/mol. The summed E-state index contributed by atoms with van der Waals surface area (Å²) in [5.41, 5.74) is 2.73. The Balaban J connectivity index is 2.21. The molecule has 25 heavy (non-hydrogen) atoms. The zero-order valence-corrected chi connectivity index (χ0v) is 14.3. The molecule has 0 aromatic heterocycles. The minimum atomic E-state index is -4.51. The maximum Gasteiger partial charge on any atom is 0.397 e. The molecule has 0 heterocycles. The van der Waals surface area contributed by atoms with Gasteiger partial charge in [-0.15, -0.1) is 0 Å². The summed E-state index contributed by atoms with van der Waals surface area (Å²) >= 11 is 0. The molecular formula is C17H20F3NO4. The van der Waals surface area contributed by atoms with Crippen LogP contribution in [-0.4, -0.2) is 40.0 Å². The summed E-state index contributed by atoms with van der Waals surface area (Å²) in [5, 5.41) is 2.25. The van der Waals surface area contributed by atoms with E-state index >= 15 is 0 Å². The Morgan fingerprint density at radius 3 is 2.40 bits per heavy atom. The predicted octanol–water partition coefficient (Wildman–Crippen LogP) is 3.11. The molecule has 2 rings (SSSR count). The van der Waals surface area contributed by atoms with Gasteiger partial charge in [-0.05, 0) is 30.0 Å². The smallest absolute Gasteiger partial charge is 0.397 e. The number of carbonyl (C=O) groups excluding carboxylic acids is 1. The Morgan fingerprint density at radius 2 is 1.84 bits per heavy atom. The SMILES string of the molecule is COc1cc2c(c(OC)c1OC)C(=CCNC(=O)CC(F)(F)F)CC2.